The molecule has 0 unspecified atom stereocenters. The molecular formula is C16H38Li2N4. The molecule has 0 aromatic heterocycles. The Bertz CT molecular complexity index is 172. The van der Waals surface area contributed by atoms with Crippen LogP contribution in [-0.4, -0.2) is 102 Å². The Balaban J connectivity index is -0.0000000661. The van der Waals surface area contributed by atoms with Crippen molar-refractivity contribution in [3.8, 4) is 0 Å². The fourth-order valence-corrected chi connectivity index (χ4v) is 0.800. The fourth-order valence-electron chi connectivity index (χ4n) is 0.800. The van der Waals surface area contributed by atoms with Crippen LogP contribution >= 0.6 is 0 Å². The molecule has 0 aliphatic heterocycles. The first-order valence-corrected chi connectivity index (χ1v) is 6.90. The van der Waals surface area contributed by atoms with Gasteiger partial charge < -0.3 is 45.6 Å². The van der Waals surface area contributed by atoms with Gasteiger partial charge in [-0.3, -0.25) is 0 Å². The van der Waals surface area contributed by atoms with Crippen LogP contribution < -0.4 is 37.7 Å². The minimum Gasteiger partial charge on any atom is -0.372 e. The van der Waals surface area contributed by atoms with E-state index in [-0.39, 0.29) is 37.7 Å². The Labute approximate surface area is 165 Å². The molecule has 0 N–H and O–H groups in total. The number of rotatable bonds is 6. The van der Waals surface area contributed by atoms with Gasteiger partial charge in [-0.15, -0.1) is 0 Å². The van der Waals surface area contributed by atoms with Crippen molar-refractivity contribution in [3.63, 3.8) is 0 Å². The van der Waals surface area contributed by atoms with Gasteiger partial charge in [0.15, 0.2) is 0 Å². The van der Waals surface area contributed by atoms with E-state index in [4.69, 9.17) is 0 Å². The summed E-state index contributed by atoms with van der Waals surface area (Å²) in [5.74, 6) is 0. The van der Waals surface area contributed by atoms with Crippen LogP contribution in [0, 0.1) is 13.8 Å². The Morgan fingerprint density at radius 3 is 0.727 bits per heavy atom. The summed E-state index contributed by atoms with van der Waals surface area (Å²) in [6.45, 7) is 14.6. The number of hydrogen-bond acceptors (Lipinski definition) is 4. The first kappa shape index (κ1) is 34.0. The molecule has 0 fully saturated rings. The molecule has 124 valence electrons. The third-order valence-corrected chi connectivity index (χ3v) is 1.99. The molecule has 0 atom stereocenters. The second kappa shape index (κ2) is 23.8. The average Bonchev–Trinajstić information content (AvgIpc) is 2.23. The minimum atomic E-state index is 0. The minimum absolute atomic E-state index is 0. The second-order valence-electron chi connectivity index (χ2n) is 5.96. The van der Waals surface area contributed by atoms with Crippen LogP contribution in [-0.2, 0) is 0 Å². The molecule has 0 aliphatic rings. The van der Waals surface area contributed by atoms with Crippen molar-refractivity contribution in [3.05, 3.63) is 26.0 Å². The summed E-state index contributed by atoms with van der Waals surface area (Å²) in [7, 11) is 16.7. The zero-order valence-electron chi connectivity index (χ0n) is 17.2. The predicted molar refractivity (Wildman–Crippen MR) is 94.1 cm³/mol. The molecule has 0 aromatic rings. The number of hydrogen-bond donors (Lipinski definition) is 0. The molecule has 0 amide bonds. The Hall–Kier alpha value is 0.515. The van der Waals surface area contributed by atoms with Gasteiger partial charge in [0, 0.05) is 26.2 Å². The molecule has 0 bridgehead atoms. The third kappa shape index (κ3) is 70.7. The van der Waals surface area contributed by atoms with Crippen LogP contribution in [0.5, 0.6) is 0 Å². The number of likely N-dealkylation sites (N-methyl/N-ethyl adjacent to an activating group) is 4. The van der Waals surface area contributed by atoms with Crippen molar-refractivity contribution in [2.45, 2.75) is 0 Å². The zero-order valence-corrected chi connectivity index (χ0v) is 17.2. The van der Waals surface area contributed by atoms with E-state index in [9.17, 15) is 0 Å². The Morgan fingerprint density at radius 2 is 0.682 bits per heavy atom. The zero-order chi connectivity index (χ0) is 16.7. The van der Waals surface area contributed by atoms with Gasteiger partial charge in [-0.25, -0.2) is 0 Å². The van der Waals surface area contributed by atoms with Crippen molar-refractivity contribution in [2.75, 3.05) is 82.6 Å². The topological polar surface area (TPSA) is 13.0 Å². The smallest absolute Gasteiger partial charge is 0.372 e. The normalized spacial score (nSPS) is 9.27. The maximum absolute atomic E-state index is 3.33. The first-order valence-electron chi connectivity index (χ1n) is 6.90. The Morgan fingerprint density at radius 1 is 0.591 bits per heavy atom. The average molecular weight is 300 g/mol. The van der Waals surface area contributed by atoms with Crippen molar-refractivity contribution < 1.29 is 37.7 Å². The van der Waals surface area contributed by atoms with Crippen LogP contribution in [0.25, 0.3) is 0 Å². The molecule has 0 saturated carbocycles. The van der Waals surface area contributed by atoms with Crippen molar-refractivity contribution >= 4 is 0 Å². The molecule has 6 heteroatoms. The van der Waals surface area contributed by atoms with E-state index in [1.54, 1.807) is 0 Å². The van der Waals surface area contributed by atoms with E-state index >= 15 is 0 Å². The van der Waals surface area contributed by atoms with E-state index in [0.29, 0.717) is 5.57 Å². The maximum Gasteiger partial charge on any atom is 1.00 e. The molecule has 0 rings (SSSR count). The van der Waals surface area contributed by atoms with Crippen molar-refractivity contribution in [1.82, 2.24) is 19.6 Å². The van der Waals surface area contributed by atoms with Crippen molar-refractivity contribution in [2.24, 2.45) is 0 Å². The van der Waals surface area contributed by atoms with Gasteiger partial charge in [0.25, 0.3) is 0 Å². The summed E-state index contributed by atoms with van der Waals surface area (Å²) < 4.78 is 0. The van der Waals surface area contributed by atoms with Gasteiger partial charge in [0.1, 0.15) is 0 Å². The molecule has 0 radical (unpaired) electrons. The summed E-state index contributed by atoms with van der Waals surface area (Å²) in [4.78, 5) is 8.72. The standard InChI is InChI=1S/2C6H16N2.C4H6.2Li/c2*1-7(2)5-6-8(3)4;1-4(2)3;;/h2*5-6H2,1-4H3;1-3H2;;/q;;-2;2*+1. The fraction of sp³-hybridized carbons (Fsp3) is 0.750. The first-order chi connectivity index (χ1) is 8.98. The number of allylic oxidation sites excluding steroid dienone is 1. The van der Waals surface area contributed by atoms with Gasteiger partial charge in [-0.1, -0.05) is 0 Å². The molecule has 22 heavy (non-hydrogen) atoms. The number of nitrogens with zero attached hydrogens (tertiary/aromatic N) is 4. The predicted octanol–water partition coefficient (Wildman–Crippen LogP) is -4.56. The molecule has 0 aromatic carbocycles. The molecular weight excluding hydrogens is 262 g/mol. The molecule has 0 aliphatic carbocycles. The quantitative estimate of drug-likeness (QED) is 0.362. The van der Waals surface area contributed by atoms with Gasteiger partial charge in [0.05, 0.1) is 0 Å². The summed E-state index contributed by atoms with van der Waals surface area (Å²) in [6, 6.07) is 0. The molecule has 0 heterocycles. The van der Waals surface area contributed by atoms with E-state index in [0.717, 1.165) is 26.2 Å². The van der Waals surface area contributed by atoms with Crippen molar-refractivity contribution in [1.29, 1.82) is 0 Å². The summed E-state index contributed by atoms with van der Waals surface area (Å²) >= 11 is 0. The van der Waals surface area contributed by atoms with Crippen LogP contribution in [0.1, 0.15) is 0 Å². The maximum atomic E-state index is 3.33. The van der Waals surface area contributed by atoms with E-state index in [1.165, 1.54) is 0 Å². The third-order valence-electron chi connectivity index (χ3n) is 1.99. The summed E-state index contributed by atoms with van der Waals surface area (Å²) in [6.07, 6.45) is 0. The molecule has 0 saturated heterocycles. The second-order valence-corrected chi connectivity index (χ2v) is 5.96. The van der Waals surface area contributed by atoms with Gasteiger partial charge in [-0.2, -0.15) is 0 Å². The van der Waals surface area contributed by atoms with Gasteiger partial charge in [0.2, 0.25) is 0 Å². The summed E-state index contributed by atoms with van der Waals surface area (Å²) in [5, 5.41) is 0. The summed E-state index contributed by atoms with van der Waals surface area (Å²) in [5.41, 5.74) is 0.667. The van der Waals surface area contributed by atoms with E-state index < -0.39 is 0 Å². The molecule has 4 nitrogen and oxygen atoms in total. The van der Waals surface area contributed by atoms with Gasteiger partial charge >= 0.3 is 37.7 Å². The van der Waals surface area contributed by atoms with E-state index in [2.05, 4.69) is 96.4 Å². The van der Waals surface area contributed by atoms with E-state index in [1.807, 2.05) is 0 Å². The van der Waals surface area contributed by atoms with Crippen LogP contribution in [0.3, 0.4) is 0 Å². The SMILES string of the molecule is C=C([CH2-])[CH2-].CN(C)CCN(C)C.CN(C)CCN(C)C.[Li+].[Li+]. The van der Waals surface area contributed by atoms with Gasteiger partial charge in [-0.05, 0) is 56.4 Å². The largest absolute Gasteiger partial charge is 1.00 e. The monoisotopic (exact) mass is 300 g/mol. The molecule has 0 spiro atoms. The Kier molecular flexibility index (Phi) is 36.7. The van der Waals surface area contributed by atoms with Crippen LogP contribution in [0.4, 0.5) is 0 Å². The van der Waals surface area contributed by atoms with Crippen LogP contribution in [0.15, 0.2) is 12.2 Å². The van der Waals surface area contributed by atoms with Crippen LogP contribution in [0.2, 0.25) is 0 Å².